The molecule has 1 aromatic rings. The molecule has 0 aliphatic heterocycles. The van der Waals surface area contributed by atoms with Crippen molar-refractivity contribution in [2.75, 3.05) is 19.7 Å². The lowest BCUT2D eigenvalue weighted by Gasteiger charge is -2.20. The van der Waals surface area contributed by atoms with Crippen LogP contribution in [-0.4, -0.2) is 37.4 Å². The van der Waals surface area contributed by atoms with E-state index in [1.54, 1.807) is 19.9 Å². The van der Waals surface area contributed by atoms with Crippen LogP contribution in [0.5, 0.6) is 5.88 Å². The summed E-state index contributed by atoms with van der Waals surface area (Å²) in [7, 11) is -3.52. The molecule has 0 unspecified atom stereocenters. The first-order valence-corrected chi connectivity index (χ1v) is 7.59. The van der Waals surface area contributed by atoms with E-state index >= 15 is 0 Å². The van der Waals surface area contributed by atoms with Crippen molar-refractivity contribution in [1.29, 1.82) is 0 Å². The van der Waals surface area contributed by atoms with Gasteiger partial charge in [-0.25, -0.2) is 13.4 Å². The Morgan fingerprint density at radius 1 is 1.42 bits per heavy atom. The molecule has 0 N–H and O–H groups in total. The molecule has 1 rings (SSSR count). The standard InChI is InChI=1S/C13H20N2O3S/c1-5-15(10-11(3)4)19(16,17)12-7-8-13(14-9-12)18-6-2/h7-9H,3,5-6,10H2,1-2,4H3. The van der Waals surface area contributed by atoms with Gasteiger partial charge in [-0.3, -0.25) is 0 Å². The Bertz CT molecular complexity index is 523. The van der Waals surface area contributed by atoms with Crippen LogP contribution in [-0.2, 0) is 10.0 Å². The summed E-state index contributed by atoms with van der Waals surface area (Å²) in [5.41, 5.74) is 0.796. The molecule has 5 nitrogen and oxygen atoms in total. The van der Waals surface area contributed by atoms with Gasteiger partial charge in [-0.15, -0.1) is 0 Å². The predicted molar refractivity (Wildman–Crippen MR) is 74.7 cm³/mol. The van der Waals surface area contributed by atoms with Crippen molar-refractivity contribution in [3.8, 4) is 5.88 Å². The fourth-order valence-electron chi connectivity index (χ4n) is 1.57. The molecule has 0 aliphatic rings. The van der Waals surface area contributed by atoms with E-state index in [9.17, 15) is 8.42 Å². The number of nitrogens with zero attached hydrogens (tertiary/aromatic N) is 2. The minimum absolute atomic E-state index is 0.166. The Kier molecular flexibility index (Phi) is 5.50. The van der Waals surface area contributed by atoms with Crippen molar-refractivity contribution >= 4 is 10.0 Å². The molecular formula is C13H20N2O3S. The molecule has 0 amide bonds. The van der Waals surface area contributed by atoms with Crippen molar-refractivity contribution in [2.45, 2.75) is 25.7 Å². The number of hydrogen-bond donors (Lipinski definition) is 0. The fourth-order valence-corrected chi connectivity index (χ4v) is 3.02. The second-order valence-electron chi connectivity index (χ2n) is 4.15. The minimum Gasteiger partial charge on any atom is -0.478 e. The third kappa shape index (κ3) is 4.04. The average molecular weight is 284 g/mol. The molecule has 0 fully saturated rings. The van der Waals surface area contributed by atoms with Crippen molar-refractivity contribution < 1.29 is 13.2 Å². The van der Waals surface area contributed by atoms with Gasteiger partial charge < -0.3 is 4.74 Å². The molecule has 0 radical (unpaired) electrons. The topological polar surface area (TPSA) is 59.5 Å². The summed E-state index contributed by atoms with van der Waals surface area (Å²) < 4.78 is 31.3. The number of likely N-dealkylation sites (N-methyl/N-ethyl adjacent to an activating group) is 1. The first kappa shape index (κ1) is 15.7. The van der Waals surface area contributed by atoms with Crippen LogP contribution >= 0.6 is 0 Å². The molecule has 0 bridgehead atoms. The number of sulfonamides is 1. The van der Waals surface area contributed by atoms with E-state index in [4.69, 9.17) is 4.74 Å². The van der Waals surface area contributed by atoms with Crippen molar-refractivity contribution in [3.63, 3.8) is 0 Å². The number of hydrogen-bond acceptors (Lipinski definition) is 4. The predicted octanol–water partition coefficient (Wildman–Crippen LogP) is 2.07. The quantitative estimate of drug-likeness (QED) is 0.719. The van der Waals surface area contributed by atoms with Crippen LogP contribution in [0.15, 0.2) is 35.4 Å². The lowest BCUT2D eigenvalue weighted by atomic mass is 10.3. The molecular weight excluding hydrogens is 264 g/mol. The van der Waals surface area contributed by atoms with Crippen LogP contribution in [0.25, 0.3) is 0 Å². The Balaban J connectivity index is 3.01. The summed E-state index contributed by atoms with van der Waals surface area (Å²) in [4.78, 5) is 4.15. The summed E-state index contributed by atoms with van der Waals surface area (Å²) in [5.74, 6) is 0.421. The highest BCUT2D eigenvalue weighted by Gasteiger charge is 2.23. The minimum atomic E-state index is -3.52. The number of pyridine rings is 1. The zero-order valence-corrected chi connectivity index (χ0v) is 12.4. The van der Waals surface area contributed by atoms with Gasteiger partial charge in [0.15, 0.2) is 0 Å². The van der Waals surface area contributed by atoms with Crippen molar-refractivity contribution in [3.05, 3.63) is 30.5 Å². The molecule has 6 heteroatoms. The van der Waals surface area contributed by atoms with Gasteiger partial charge in [0.25, 0.3) is 0 Å². The molecule has 0 aromatic carbocycles. The van der Waals surface area contributed by atoms with Gasteiger partial charge in [0.1, 0.15) is 4.90 Å². The second kappa shape index (κ2) is 6.68. The van der Waals surface area contributed by atoms with E-state index in [1.165, 1.54) is 16.6 Å². The van der Waals surface area contributed by atoms with Gasteiger partial charge in [-0.2, -0.15) is 4.31 Å². The monoisotopic (exact) mass is 284 g/mol. The molecule has 0 atom stereocenters. The Morgan fingerprint density at radius 2 is 2.11 bits per heavy atom. The van der Waals surface area contributed by atoms with Crippen molar-refractivity contribution in [1.82, 2.24) is 9.29 Å². The van der Waals surface area contributed by atoms with Crippen LogP contribution in [0.4, 0.5) is 0 Å². The molecule has 19 heavy (non-hydrogen) atoms. The van der Waals surface area contributed by atoms with E-state index in [0.29, 0.717) is 25.6 Å². The smallest absolute Gasteiger partial charge is 0.244 e. The van der Waals surface area contributed by atoms with Gasteiger partial charge in [0.05, 0.1) is 12.8 Å². The third-order valence-corrected chi connectivity index (χ3v) is 4.34. The number of ether oxygens (including phenoxy) is 1. The average Bonchev–Trinajstić information content (AvgIpc) is 2.36. The molecule has 1 heterocycles. The van der Waals surface area contributed by atoms with E-state index in [2.05, 4.69) is 11.6 Å². The maximum Gasteiger partial charge on any atom is 0.244 e. The largest absolute Gasteiger partial charge is 0.478 e. The van der Waals surface area contributed by atoms with E-state index < -0.39 is 10.0 Å². The van der Waals surface area contributed by atoms with Crippen LogP contribution in [0, 0.1) is 0 Å². The summed E-state index contributed by atoms with van der Waals surface area (Å²) in [6.45, 7) is 10.4. The van der Waals surface area contributed by atoms with E-state index in [1.807, 2.05) is 6.92 Å². The van der Waals surface area contributed by atoms with Crippen LogP contribution in [0.1, 0.15) is 20.8 Å². The van der Waals surface area contributed by atoms with Gasteiger partial charge >= 0.3 is 0 Å². The Morgan fingerprint density at radius 3 is 2.53 bits per heavy atom. The third-order valence-electron chi connectivity index (χ3n) is 2.44. The SMILES string of the molecule is C=C(C)CN(CC)S(=O)(=O)c1ccc(OCC)nc1. The van der Waals surface area contributed by atoms with Crippen molar-refractivity contribution in [2.24, 2.45) is 0 Å². The maximum absolute atomic E-state index is 12.4. The maximum atomic E-state index is 12.4. The molecule has 0 saturated carbocycles. The normalized spacial score (nSPS) is 11.6. The fraction of sp³-hybridized carbons (Fsp3) is 0.462. The van der Waals surface area contributed by atoms with E-state index in [-0.39, 0.29) is 4.90 Å². The lowest BCUT2D eigenvalue weighted by Crippen LogP contribution is -2.32. The summed E-state index contributed by atoms with van der Waals surface area (Å²) in [6, 6.07) is 3.07. The zero-order chi connectivity index (χ0) is 14.5. The molecule has 1 aromatic heterocycles. The molecule has 0 spiro atoms. The lowest BCUT2D eigenvalue weighted by molar-refractivity contribution is 0.326. The molecule has 106 valence electrons. The van der Waals surface area contributed by atoms with Gasteiger partial charge in [-0.05, 0) is 19.9 Å². The zero-order valence-electron chi connectivity index (χ0n) is 11.6. The summed E-state index contributed by atoms with van der Waals surface area (Å²) in [5, 5.41) is 0. The summed E-state index contributed by atoms with van der Waals surface area (Å²) in [6.07, 6.45) is 1.32. The van der Waals surface area contributed by atoms with Crippen LogP contribution in [0.3, 0.4) is 0 Å². The Hall–Kier alpha value is -1.40. The van der Waals surface area contributed by atoms with Gasteiger partial charge in [-0.1, -0.05) is 19.1 Å². The van der Waals surface area contributed by atoms with Crippen LogP contribution in [0.2, 0.25) is 0 Å². The van der Waals surface area contributed by atoms with E-state index in [0.717, 1.165) is 5.57 Å². The Labute approximate surface area is 115 Å². The van der Waals surface area contributed by atoms with Crippen LogP contribution < -0.4 is 4.74 Å². The highest BCUT2D eigenvalue weighted by atomic mass is 32.2. The summed E-state index contributed by atoms with van der Waals surface area (Å²) >= 11 is 0. The molecule has 0 saturated heterocycles. The van der Waals surface area contributed by atoms with Gasteiger partial charge in [0, 0.05) is 19.2 Å². The number of aromatic nitrogens is 1. The first-order chi connectivity index (χ1) is 8.91. The second-order valence-corrected chi connectivity index (χ2v) is 6.09. The number of rotatable bonds is 7. The van der Waals surface area contributed by atoms with Gasteiger partial charge in [0.2, 0.25) is 15.9 Å². The highest BCUT2D eigenvalue weighted by molar-refractivity contribution is 7.89. The highest BCUT2D eigenvalue weighted by Crippen LogP contribution is 2.17. The first-order valence-electron chi connectivity index (χ1n) is 6.15. The molecule has 0 aliphatic carbocycles.